The summed E-state index contributed by atoms with van der Waals surface area (Å²) in [5.41, 5.74) is 2.97. The predicted molar refractivity (Wildman–Crippen MR) is 121 cm³/mol. The zero-order valence-electron chi connectivity index (χ0n) is 18.1. The van der Waals surface area contributed by atoms with Crippen molar-refractivity contribution in [1.29, 1.82) is 0 Å². The maximum Gasteiger partial charge on any atom is 0.410 e. The summed E-state index contributed by atoms with van der Waals surface area (Å²) in [6.07, 6.45) is 0.540. The number of fused-ring (bicyclic) bond motifs is 1. The average molecular weight is 511 g/mol. The van der Waals surface area contributed by atoms with Crippen molar-refractivity contribution in [3.05, 3.63) is 44.5 Å². The lowest BCUT2D eigenvalue weighted by Crippen LogP contribution is -2.45. The lowest BCUT2D eigenvalue weighted by atomic mass is 10.1. The van der Waals surface area contributed by atoms with Gasteiger partial charge >= 0.3 is 6.09 Å². The van der Waals surface area contributed by atoms with Crippen molar-refractivity contribution in [2.24, 2.45) is 0 Å². The summed E-state index contributed by atoms with van der Waals surface area (Å²) < 4.78 is 15.0. The highest BCUT2D eigenvalue weighted by molar-refractivity contribution is 14.1. The first-order chi connectivity index (χ1) is 13.6. The van der Waals surface area contributed by atoms with E-state index < -0.39 is 5.60 Å². The molecule has 2 aromatic rings. The Kier molecular flexibility index (Phi) is 6.45. The van der Waals surface area contributed by atoms with E-state index in [1.54, 1.807) is 4.90 Å². The molecule has 3 rings (SSSR count). The molecule has 2 heterocycles. The van der Waals surface area contributed by atoms with E-state index in [0.29, 0.717) is 19.7 Å². The zero-order valence-corrected chi connectivity index (χ0v) is 20.2. The molecule has 7 heteroatoms. The Morgan fingerprint density at radius 2 is 2.00 bits per heavy atom. The van der Waals surface area contributed by atoms with Crippen molar-refractivity contribution < 1.29 is 14.3 Å². The third kappa shape index (κ3) is 5.05. The van der Waals surface area contributed by atoms with Crippen LogP contribution in [0.25, 0.3) is 0 Å². The SMILES string of the molecule is CCc1nc(I)c2n1C(COc1ccc(C)c(C)c1)CN(C(=O)OC(C)(C)C)C2. The molecule has 29 heavy (non-hydrogen) atoms. The van der Waals surface area contributed by atoms with E-state index in [1.807, 2.05) is 26.8 Å². The van der Waals surface area contributed by atoms with Crippen molar-refractivity contribution in [2.45, 2.75) is 66.2 Å². The van der Waals surface area contributed by atoms with Crippen LogP contribution in [-0.4, -0.2) is 39.3 Å². The van der Waals surface area contributed by atoms with Gasteiger partial charge in [-0.3, -0.25) is 0 Å². The van der Waals surface area contributed by atoms with Crippen LogP contribution < -0.4 is 4.74 Å². The zero-order chi connectivity index (χ0) is 21.3. The molecular weight excluding hydrogens is 481 g/mol. The number of imidazole rings is 1. The van der Waals surface area contributed by atoms with E-state index in [9.17, 15) is 4.79 Å². The van der Waals surface area contributed by atoms with Gasteiger partial charge in [0, 0.05) is 13.0 Å². The molecule has 0 radical (unpaired) electrons. The Morgan fingerprint density at radius 3 is 2.62 bits per heavy atom. The molecule has 0 saturated carbocycles. The smallest absolute Gasteiger partial charge is 0.410 e. The highest BCUT2D eigenvalue weighted by Crippen LogP contribution is 2.29. The minimum absolute atomic E-state index is 0.0150. The Hall–Kier alpha value is -1.77. The van der Waals surface area contributed by atoms with Crippen LogP contribution in [0.4, 0.5) is 4.79 Å². The summed E-state index contributed by atoms with van der Waals surface area (Å²) >= 11 is 2.26. The normalized spacial score (nSPS) is 16.5. The molecule has 0 N–H and O–H groups in total. The third-order valence-electron chi connectivity index (χ3n) is 5.06. The van der Waals surface area contributed by atoms with Gasteiger partial charge in [0.25, 0.3) is 0 Å². The Labute approximate surface area is 186 Å². The number of benzene rings is 1. The van der Waals surface area contributed by atoms with Gasteiger partial charge in [-0.15, -0.1) is 0 Å². The first-order valence-corrected chi connectivity index (χ1v) is 11.1. The van der Waals surface area contributed by atoms with E-state index in [-0.39, 0.29) is 12.1 Å². The molecule has 1 aromatic heterocycles. The monoisotopic (exact) mass is 511 g/mol. The molecule has 6 nitrogen and oxygen atoms in total. The standard InChI is InChI=1S/C22H30IN3O3/c1-7-19-24-20(23)18-12-25(21(27)29-22(4,5)6)11-16(26(18)19)13-28-17-9-8-14(2)15(3)10-17/h8-10,16H,7,11-13H2,1-6H3. The third-order valence-corrected chi connectivity index (χ3v) is 5.92. The van der Waals surface area contributed by atoms with Crippen LogP contribution in [0, 0.1) is 17.5 Å². The van der Waals surface area contributed by atoms with Crippen molar-refractivity contribution in [3.8, 4) is 5.75 Å². The van der Waals surface area contributed by atoms with E-state index in [1.165, 1.54) is 11.1 Å². The molecule has 1 amide bonds. The average Bonchev–Trinajstić information content (AvgIpc) is 2.97. The summed E-state index contributed by atoms with van der Waals surface area (Å²) in [5, 5.41) is 0. The number of hydrogen-bond donors (Lipinski definition) is 0. The number of ether oxygens (including phenoxy) is 2. The van der Waals surface area contributed by atoms with Crippen molar-refractivity contribution in [3.63, 3.8) is 0 Å². The van der Waals surface area contributed by atoms with Gasteiger partial charge in [-0.05, 0) is 80.5 Å². The molecule has 1 aliphatic heterocycles. The maximum atomic E-state index is 12.7. The van der Waals surface area contributed by atoms with Gasteiger partial charge in [0.05, 0.1) is 18.3 Å². The number of carbonyl (C=O) groups excluding carboxylic acids is 1. The number of carbonyl (C=O) groups is 1. The van der Waals surface area contributed by atoms with Gasteiger partial charge in [-0.2, -0.15) is 0 Å². The van der Waals surface area contributed by atoms with E-state index in [4.69, 9.17) is 14.5 Å². The lowest BCUT2D eigenvalue weighted by molar-refractivity contribution is 0.0143. The Morgan fingerprint density at radius 1 is 1.28 bits per heavy atom. The Balaban J connectivity index is 1.85. The minimum Gasteiger partial charge on any atom is -0.491 e. The van der Waals surface area contributed by atoms with Gasteiger partial charge in [-0.1, -0.05) is 13.0 Å². The first kappa shape index (κ1) is 21.9. The van der Waals surface area contributed by atoms with Crippen LogP contribution in [0.1, 0.15) is 56.4 Å². The van der Waals surface area contributed by atoms with Gasteiger partial charge < -0.3 is 18.9 Å². The molecule has 0 aliphatic carbocycles. The number of amides is 1. The predicted octanol–water partition coefficient (Wildman–Crippen LogP) is 5.04. The largest absolute Gasteiger partial charge is 0.491 e. The van der Waals surface area contributed by atoms with Crippen LogP contribution >= 0.6 is 22.6 Å². The quantitative estimate of drug-likeness (QED) is 0.540. The lowest BCUT2D eigenvalue weighted by Gasteiger charge is -2.36. The van der Waals surface area contributed by atoms with Crippen LogP contribution in [0.5, 0.6) is 5.75 Å². The number of nitrogens with zero attached hydrogens (tertiary/aromatic N) is 3. The summed E-state index contributed by atoms with van der Waals surface area (Å²) in [6, 6.07) is 6.11. The van der Waals surface area contributed by atoms with Gasteiger partial charge in [0.2, 0.25) is 0 Å². The van der Waals surface area contributed by atoms with Crippen molar-refractivity contribution in [2.75, 3.05) is 13.2 Å². The van der Waals surface area contributed by atoms with E-state index in [2.05, 4.69) is 60.1 Å². The number of hydrogen-bond acceptors (Lipinski definition) is 4. The van der Waals surface area contributed by atoms with Crippen LogP contribution in [0.2, 0.25) is 0 Å². The van der Waals surface area contributed by atoms with Crippen LogP contribution in [-0.2, 0) is 17.7 Å². The molecule has 0 fully saturated rings. The summed E-state index contributed by atoms with van der Waals surface area (Å²) in [5.74, 6) is 1.87. The minimum atomic E-state index is -0.526. The fraction of sp³-hybridized carbons (Fsp3) is 0.545. The fourth-order valence-electron chi connectivity index (χ4n) is 3.48. The molecule has 1 atom stereocenters. The molecule has 1 aliphatic rings. The molecule has 158 valence electrons. The van der Waals surface area contributed by atoms with Gasteiger partial charge in [0.1, 0.15) is 27.5 Å². The molecule has 0 bridgehead atoms. The van der Waals surface area contributed by atoms with Crippen LogP contribution in [0.3, 0.4) is 0 Å². The summed E-state index contributed by atoms with van der Waals surface area (Å²) in [6.45, 7) is 13.4. The van der Waals surface area contributed by atoms with Crippen LogP contribution in [0.15, 0.2) is 18.2 Å². The molecule has 0 spiro atoms. The highest BCUT2D eigenvalue weighted by Gasteiger charge is 2.34. The summed E-state index contributed by atoms with van der Waals surface area (Å²) in [4.78, 5) is 19.2. The Bertz CT molecular complexity index is 901. The van der Waals surface area contributed by atoms with E-state index >= 15 is 0 Å². The summed E-state index contributed by atoms with van der Waals surface area (Å²) in [7, 11) is 0. The number of aromatic nitrogens is 2. The second kappa shape index (κ2) is 8.53. The second-order valence-electron chi connectivity index (χ2n) is 8.56. The number of rotatable bonds is 4. The number of aryl methyl sites for hydroxylation is 3. The van der Waals surface area contributed by atoms with Gasteiger partial charge in [0.15, 0.2) is 0 Å². The van der Waals surface area contributed by atoms with Crippen molar-refractivity contribution >= 4 is 28.7 Å². The van der Waals surface area contributed by atoms with E-state index in [0.717, 1.165) is 27.4 Å². The molecule has 1 unspecified atom stereocenters. The second-order valence-corrected chi connectivity index (χ2v) is 9.58. The molecule has 1 aromatic carbocycles. The maximum absolute atomic E-state index is 12.7. The first-order valence-electron chi connectivity index (χ1n) is 10.0. The topological polar surface area (TPSA) is 56.6 Å². The fourth-order valence-corrected chi connectivity index (χ4v) is 4.19. The highest BCUT2D eigenvalue weighted by atomic mass is 127. The van der Waals surface area contributed by atoms with Crippen molar-refractivity contribution in [1.82, 2.24) is 14.5 Å². The molecular formula is C22H30IN3O3. The van der Waals surface area contributed by atoms with Gasteiger partial charge in [-0.25, -0.2) is 9.78 Å². The molecule has 0 saturated heterocycles. The number of halogens is 1.